The van der Waals surface area contributed by atoms with Crippen molar-refractivity contribution in [2.75, 3.05) is 29.0 Å². The summed E-state index contributed by atoms with van der Waals surface area (Å²) in [5, 5.41) is 2.89. The fourth-order valence-electron chi connectivity index (χ4n) is 4.12. The van der Waals surface area contributed by atoms with Crippen molar-refractivity contribution in [3.05, 3.63) is 71.9 Å². The highest BCUT2D eigenvalue weighted by molar-refractivity contribution is 6.08. The van der Waals surface area contributed by atoms with Gasteiger partial charge >= 0.3 is 0 Å². The number of anilines is 3. The van der Waals surface area contributed by atoms with E-state index in [9.17, 15) is 9.18 Å². The highest BCUT2D eigenvalue weighted by Crippen LogP contribution is 2.29. The number of rotatable bonds is 6. The molecule has 1 aromatic carbocycles. The Labute approximate surface area is 205 Å². The number of benzene rings is 1. The lowest BCUT2D eigenvalue weighted by atomic mass is 10.0. The quantitative estimate of drug-likeness (QED) is 0.477. The molecule has 3 heterocycles. The van der Waals surface area contributed by atoms with E-state index >= 15 is 0 Å². The van der Waals surface area contributed by atoms with Gasteiger partial charge in [0, 0.05) is 30.9 Å². The van der Waals surface area contributed by atoms with Crippen LogP contribution in [0.5, 0.6) is 0 Å². The first kappa shape index (κ1) is 24.3. The molecule has 5 N–H and O–H groups in total. The fourth-order valence-corrected chi connectivity index (χ4v) is 4.12. The average molecular weight is 475 g/mol. The van der Waals surface area contributed by atoms with Crippen LogP contribution in [0.2, 0.25) is 0 Å². The Hall–Kier alpha value is -3.78. The third-order valence-corrected chi connectivity index (χ3v) is 5.93. The van der Waals surface area contributed by atoms with Crippen molar-refractivity contribution in [3.63, 3.8) is 0 Å². The number of nitrogens with one attached hydrogen (secondary N) is 1. The van der Waals surface area contributed by atoms with Gasteiger partial charge in [-0.15, -0.1) is 0 Å². The van der Waals surface area contributed by atoms with E-state index < -0.39 is 11.7 Å². The van der Waals surface area contributed by atoms with Crippen LogP contribution >= 0.6 is 0 Å². The zero-order valence-electron chi connectivity index (χ0n) is 20.0. The molecule has 182 valence electrons. The molecule has 1 fully saturated rings. The summed E-state index contributed by atoms with van der Waals surface area (Å²) in [4.78, 5) is 24.0. The molecule has 1 aliphatic heterocycles. The molecule has 1 saturated heterocycles. The van der Waals surface area contributed by atoms with Gasteiger partial charge in [0.1, 0.15) is 5.82 Å². The number of pyridine rings is 2. The van der Waals surface area contributed by atoms with Gasteiger partial charge in [0.2, 0.25) is 0 Å². The van der Waals surface area contributed by atoms with Crippen molar-refractivity contribution in [1.29, 1.82) is 0 Å². The SMILES string of the molecule is CC(C)C=Cc1ccc(F)c(-c2ccc(N)c(C(=O)Nc3cnccc3N3CCCC(N)C3)n2)c1. The summed E-state index contributed by atoms with van der Waals surface area (Å²) < 4.78 is 14.7. The van der Waals surface area contributed by atoms with Crippen molar-refractivity contribution < 1.29 is 9.18 Å². The number of allylic oxidation sites excluding steroid dienone is 1. The Balaban J connectivity index is 1.62. The third-order valence-electron chi connectivity index (χ3n) is 5.93. The van der Waals surface area contributed by atoms with Gasteiger partial charge in [0.25, 0.3) is 5.91 Å². The van der Waals surface area contributed by atoms with Crippen LogP contribution in [0.1, 0.15) is 42.7 Å². The largest absolute Gasteiger partial charge is 0.397 e. The lowest BCUT2D eigenvalue weighted by molar-refractivity contribution is 0.102. The first-order valence-corrected chi connectivity index (χ1v) is 11.8. The number of hydrogen-bond donors (Lipinski definition) is 3. The molecule has 1 aliphatic rings. The number of nitrogens with zero attached hydrogens (tertiary/aromatic N) is 3. The summed E-state index contributed by atoms with van der Waals surface area (Å²) in [6.07, 6.45) is 9.20. The van der Waals surface area contributed by atoms with E-state index in [2.05, 4.69) is 34.0 Å². The smallest absolute Gasteiger partial charge is 0.276 e. The van der Waals surface area contributed by atoms with Crippen molar-refractivity contribution in [1.82, 2.24) is 9.97 Å². The normalized spacial score (nSPS) is 16.1. The Morgan fingerprint density at radius 3 is 2.86 bits per heavy atom. The molecule has 4 rings (SSSR count). The Bertz CT molecular complexity index is 1240. The summed E-state index contributed by atoms with van der Waals surface area (Å²) in [5.74, 6) is -0.547. The molecule has 8 heteroatoms. The molecule has 35 heavy (non-hydrogen) atoms. The van der Waals surface area contributed by atoms with Gasteiger partial charge in [-0.05, 0) is 54.7 Å². The average Bonchev–Trinajstić information content (AvgIpc) is 2.84. The van der Waals surface area contributed by atoms with Crippen LogP contribution in [0.3, 0.4) is 0 Å². The van der Waals surface area contributed by atoms with Gasteiger partial charge in [-0.2, -0.15) is 0 Å². The minimum atomic E-state index is -0.490. The molecular weight excluding hydrogens is 443 g/mol. The first-order chi connectivity index (χ1) is 16.8. The number of aromatic nitrogens is 2. The van der Waals surface area contributed by atoms with E-state index in [1.165, 1.54) is 6.07 Å². The molecule has 0 saturated carbocycles. The van der Waals surface area contributed by atoms with Crippen LogP contribution in [-0.2, 0) is 0 Å². The third kappa shape index (κ3) is 5.84. The Morgan fingerprint density at radius 1 is 1.26 bits per heavy atom. The van der Waals surface area contributed by atoms with E-state index in [1.807, 2.05) is 18.2 Å². The second-order valence-electron chi connectivity index (χ2n) is 9.17. The van der Waals surface area contributed by atoms with Gasteiger partial charge in [0.15, 0.2) is 5.69 Å². The van der Waals surface area contributed by atoms with E-state index in [-0.39, 0.29) is 17.4 Å². The van der Waals surface area contributed by atoms with E-state index in [0.717, 1.165) is 30.6 Å². The van der Waals surface area contributed by atoms with Crippen molar-refractivity contribution >= 4 is 29.0 Å². The summed E-state index contributed by atoms with van der Waals surface area (Å²) in [6.45, 7) is 5.68. The number of amides is 1. The van der Waals surface area contributed by atoms with Gasteiger partial charge in [-0.3, -0.25) is 9.78 Å². The van der Waals surface area contributed by atoms with Gasteiger partial charge < -0.3 is 21.7 Å². The van der Waals surface area contributed by atoms with Crippen LogP contribution in [-0.4, -0.2) is 35.0 Å². The summed E-state index contributed by atoms with van der Waals surface area (Å²) in [6, 6.07) is 9.94. The number of halogens is 1. The zero-order chi connectivity index (χ0) is 24.9. The molecule has 0 radical (unpaired) electrons. The zero-order valence-corrected chi connectivity index (χ0v) is 20.0. The maximum atomic E-state index is 14.7. The van der Waals surface area contributed by atoms with E-state index in [1.54, 1.807) is 36.7 Å². The molecule has 1 atom stereocenters. The molecule has 2 aromatic heterocycles. The number of carbonyl (C=O) groups is 1. The monoisotopic (exact) mass is 474 g/mol. The minimum Gasteiger partial charge on any atom is -0.397 e. The second-order valence-corrected chi connectivity index (χ2v) is 9.17. The summed E-state index contributed by atoms with van der Waals surface area (Å²) >= 11 is 0. The first-order valence-electron chi connectivity index (χ1n) is 11.8. The molecular formula is C27H31FN6O. The van der Waals surface area contributed by atoms with E-state index in [4.69, 9.17) is 11.5 Å². The van der Waals surface area contributed by atoms with Crippen molar-refractivity contribution in [2.24, 2.45) is 11.7 Å². The number of hydrogen-bond acceptors (Lipinski definition) is 6. The molecule has 3 aromatic rings. The van der Waals surface area contributed by atoms with Gasteiger partial charge in [0.05, 0.1) is 29.0 Å². The highest BCUT2D eigenvalue weighted by atomic mass is 19.1. The molecule has 0 aliphatic carbocycles. The predicted octanol–water partition coefficient (Wildman–Crippen LogP) is 4.71. The van der Waals surface area contributed by atoms with Crippen LogP contribution in [0.15, 0.2) is 54.9 Å². The van der Waals surface area contributed by atoms with Crippen LogP contribution in [0.4, 0.5) is 21.5 Å². The number of nitrogens with two attached hydrogens (primary N) is 2. The molecule has 7 nitrogen and oxygen atoms in total. The lowest BCUT2D eigenvalue weighted by Gasteiger charge is -2.33. The lowest BCUT2D eigenvalue weighted by Crippen LogP contribution is -2.43. The van der Waals surface area contributed by atoms with Gasteiger partial charge in [-0.25, -0.2) is 9.37 Å². The molecule has 1 amide bonds. The highest BCUT2D eigenvalue weighted by Gasteiger charge is 2.22. The van der Waals surface area contributed by atoms with E-state index in [0.29, 0.717) is 29.4 Å². The fraction of sp³-hybridized carbons (Fsp3) is 0.296. The second kappa shape index (κ2) is 10.7. The number of nitrogen functional groups attached to an aromatic ring is 1. The van der Waals surface area contributed by atoms with Crippen LogP contribution in [0.25, 0.3) is 17.3 Å². The van der Waals surface area contributed by atoms with Crippen LogP contribution < -0.4 is 21.7 Å². The Morgan fingerprint density at radius 2 is 2.09 bits per heavy atom. The number of piperidine rings is 1. The van der Waals surface area contributed by atoms with Crippen LogP contribution in [0, 0.1) is 11.7 Å². The molecule has 1 unspecified atom stereocenters. The van der Waals surface area contributed by atoms with Crippen molar-refractivity contribution in [3.8, 4) is 11.3 Å². The number of carbonyl (C=O) groups excluding carboxylic acids is 1. The molecule has 0 spiro atoms. The predicted molar refractivity (Wildman–Crippen MR) is 140 cm³/mol. The minimum absolute atomic E-state index is 0.0233. The summed E-state index contributed by atoms with van der Waals surface area (Å²) in [5.41, 5.74) is 15.3. The maximum Gasteiger partial charge on any atom is 0.276 e. The van der Waals surface area contributed by atoms with Crippen molar-refractivity contribution in [2.45, 2.75) is 32.7 Å². The maximum absolute atomic E-state index is 14.7. The van der Waals surface area contributed by atoms with Gasteiger partial charge in [-0.1, -0.05) is 32.1 Å². The standard InChI is InChI=1S/C27H31FN6O/c1-17(2)5-6-18-7-8-21(28)20(14-18)23-10-9-22(30)26(32-23)27(35)33-24-15-31-12-11-25(24)34-13-3-4-19(29)16-34/h5-12,14-15,17,19H,3-4,13,16,29-30H2,1-2H3,(H,33,35). The topological polar surface area (TPSA) is 110 Å². The Kier molecular flexibility index (Phi) is 7.41. The summed E-state index contributed by atoms with van der Waals surface area (Å²) in [7, 11) is 0. The molecule has 0 bridgehead atoms.